The van der Waals surface area contributed by atoms with Crippen molar-refractivity contribution in [3.63, 3.8) is 0 Å². The van der Waals surface area contributed by atoms with E-state index in [0.717, 1.165) is 0 Å². The summed E-state index contributed by atoms with van der Waals surface area (Å²) in [7, 11) is 0. The van der Waals surface area contributed by atoms with Gasteiger partial charge in [-0.25, -0.2) is 0 Å². The first-order valence-corrected chi connectivity index (χ1v) is 0. The molecule has 0 rings (SSSR count). The zero-order valence-corrected chi connectivity index (χ0v) is 7.86. The van der Waals surface area contributed by atoms with E-state index in [1.807, 2.05) is 0 Å². The summed E-state index contributed by atoms with van der Waals surface area (Å²) >= 11 is 0. The molecule has 0 radical (unpaired) electrons. The quantitative estimate of drug-likeness (QED) is 0.578. The largest absolute Gasteiger partial charge is 3.00 e. The van der Waals surface area contributed by atoms with E-state index in [1.165, 1.54) is 0 Å². The Morgan fingerprint density at radius 2 is 0.400 bits per heavy atom. The van der Waals surface area contributed by atoms with Crippen molar-refractivity contribution in [2.24, 2.45) is 0 Å². The number of hydrogen-bond donors (Lipinski definition) is 0. The Balaban J connectivity index is 0. The molecule has 28 valence electrons. The van der Waals surface area contributed by atoms with Crippen molar-refractivity contribution < 1.29 is 97.2 Å². The van der Waals surface area contributed by atoms with E-state index in [0.29, 0.717) is 0 Å². The van der Waals surface area contributed by atoms with Gasteiger partial charge < -0.3 is 16.4 Å². The summed E-state index contributed by atoms with van der Waals surface area (Å²) in [6.45, 7) is 0. The first-order chi connectivity index (χ1) is 0. The Morgan fingerprint density at radius 3 is 0.400 bits per heavy atom. The van der Waals surface area contributed by atoms with Gasteiger partial charge in [-0.05, 0) is 0 Å². The average Bonchev–Trinajstić information content (AvgIpc) is 0. The van der Waals surface area contributed by atoms with Gasteiger partial charge in [-0.3, -0.25) is 0 Å². The molecule has 0 amide bonds. The normalized spacial score (nSPS) is 0. The molecule has 0 saturated heterocycles. The van der Waals surface area contributed by atoms with Crippen LogP contribution in [0.5, 0.6) is 0 Å². The molecule has 0 heterocycles. The van der Waals surface area contributed by atoms with Crippen LogP contribution in [0.3, 0.4) is 0 Å². The maximum absolute atomic E-state index is 0. The van der Waals surface area contributed by atoms with Crippen LogP contribution in [0.15, 0.2) is 0 Å². The van der Waals surface area contributed by atoms with Crippen LogP contribution in [0.25, 0.3) is 0 Å². The van der Waals surface area contributed by atoms with E-state index in [9.17, 15) is 0 Å². The van der Waals surface area contributed by atoms with Crippen LogP contribution >= 0.6 is 0 Å². The van der Waals surface area contributed by atoms with Crippen LogP contribution in [0, 0.1) is 80.8 Å². The topological polar surface area (TPSA) is 85.5 Å². The summed E-state index contributed by atoms with van der Waals surface area (Å²) in [5.41, 5.74) is 0. The Bertz CT molecular complexity index is 4.85. The molecule has 0 aromatic carbocycles. The van der Waals surface area contributed by atoms with Gasteiger partial charge >= 0.3 is 80.8 Å². The van der Waals surface area contributed by atoms with Crippen LogP contribution in [0.2, 0.25) is 0 Å². The average molecular weight is 338 g/mol. The summed E-state index contributed by atoms with van der Waals surface area (Å²) in [6.07, 6.45) is 0. The van der Waals surface area contributed by atoms with Gasteiger partial charge in [0.1, 0.15) is 0 Å². The van der Waals surface area contributed by atoms with E-state index < -0.39 is 0 Å². The molecule has 0 saturated carbocycles. The van der Waals surface area contributed by atoms with E-state index in [1.54, 1.807) is 0 Å². The third kappa shape index (κ3) is 20.8. The zero-order chi connectivity index (χ0) is 0. The molecule has 0 aromatic rings. The van der Waals surface area contributed by atoms with Crippen molar-refractivity contribution in [1.82, 2.24) is 0 Å². The molecule has 5 heteroatoms. The third-order valence-corrected chi connectivity index (χ3v) is 0. The van der Waals surface area contributed by atoms with E-state index >= 15 is 0 Å². The van der Waals surface area contributed by atoms with Crippen LogP contribution in [-0.4, -0.2) is 0 Å². The van der Waals surface area contributed by atoms with Gasteiger partial charge in [0, 0.05) is 0 Å². The van der Waals surface area contributed by atoms with Gasteiger partial charge in [0.15, 0.2) is 0 Å². The molecule has 0 aliphatic carbocycles. The zero-order valence-electron chi connectivity index (χ0n) is 2.12. The Morgan fingerprint density at radius 1 is 0.400 bits per heavy atom. The molecule has 0 aliphatic rings. The van der Waals surface area contributed by atoms with Crippen LogP contribution in [0.4, 0.5) is 0 Å². The molecule has 3 nitrogen and oxygen atoms in total. The monoisotopic (exact) mass is 338 g/mol. The summed E-state index contributed by atoms with van der Waals surface area (Å²) in [5, 5.41) is 0. The number of hydrogen-bond acceptors (Lipinski definition) is 0. The Labute approximate surface area is 95.0 Å². The minimum absolute atomic E-state index is 0. The van der Waals surface area contributed by atoms with Crippen molar-refractivity contribution >= 4 is 0 Å². The summed E-state index contributed by atoms with van der Waals surface area (Å²) in [5.74, 6) is 0. The standard InChI is InChI=1S/3O.2Pm/q3*-2;2*+3. The van der Waals surface area contributed by atoms with Crippen molar-refractivity contribution in [3.05, 3.63) is 0 Å². The van der Waals surface area contributed by atoms with Gasteiger partial charge in [-0.15, -0.1) is 0 Å². The minimum atomic E-state index is 0. The van der Waals surface area contributed by atoms with Gasteiger partial charge in [0.05, 0.1) is 0 Å². The maximum atomic E-state index is 0. The summed E-state index contributed by atoms with van der Waals surface area (Å²) in [6, 6.07) is 0. The molecule has 0 spiro atoms. The van der Waals surface area contributed by atoms with Crippen LogP contribution in [-0.2, 0) is 16.4 Å². The first-order valence-electron chi connectivity index (χ1n) is 0. The SMILES string of the molecule is [O-2].[O-2].[O-2].[Pm+3].[Pm+3]. The fraction of sp³-hybridized carbons (Fsp3) is 0. The predicted molar refractivity (Wildman–Crippen MR) is 2.06 cm³/mol. The molecule has 5 heavy (non-hydrogen) atoms. The van der Waals surface area contributed by atoms with Crippen molar-refractivity contribution in [1.29, 1.82) is 0 Å². The molecule has 0 N–H and O–H groups in total. The van der Waals surface area contributed by atoms with Crippen LogP contribution in [0.1, 0.15) is 0 Å². The molecule has 0 bridgehead atoms. The van der Waals surface area contributed by atoms with Gasteiger partial charge in [-0.2, -0.15) is 0 Å². The molecule has 0 aliphatic heterocycles. The first kappa shape index (κ1) is 49.7. The second kappa shape index (κ2) is 31.0. The summed E-state index contributed by atoms with van der Waals surface area (Å²) < 4.78 is 0. The van der Waals surface area contributed by atoms with E-state index in [2.05, 4.69) is 0 Å². The van der Waals surface area contributed by atoms with Crippen molar-refractivity contribution in [2.75, 3.05) is 0 Å². The Kier molecular flexibility index (Phi) is 308. The summed E-state index contributed by atoms with van der Waals surface area (Å²) in [4.78, 5) is 0. The molecule has 0 unspecified atom stereocenters. The van der Waals surface area contributed by atoms with Crippen molar-refractivity contribution in [2.45, 2.75) is 0 Å². The molecular formula is O3Pm2. The predicted octanol–water partition coefficient (Wildman–Crippen LogP) is -0.356. The van der Waals surface area contributed by atoms with Gasteiger partial charge in [0.2, 0.25) is 0 Å². The molecule has 0 aromatic heterocycles. The minimum Gasteiger partial charge on any atom is -2.00 e. The van der Waals surface area contributed by atoms with E-state index in [4.69, 9.17) is 0 Å². The van der Waals surface area contributed by atoms with E-state index in [-0.39, 0.29) is 97.2 Å². The van der Waals surface area contributed by atoms with Gasteiger partial charge in [0.25, 0.3) is 0 Å². The smallest absolute Gasteiger partial charge is 2.00 e. The second-order valence-corrected chi connectivity index (χ2v) is 0. The molecular weight excluding hydrogens is 338 g/mol. The molecule has 0 atom stereocenters. The second-order valence-electron chi connectivity index (χ2n) is 0. The Hall–Kier alpha value is 2.56. The fourth-order valence-electron chi connectivity index (χ4n) is 0. The van der Waals surface area contributed by atoms with Crippen molar-refractivity contribution in [3.8, 4) is 0 Å². The number of rotatable bonds is 0. The molecule has 0 fully saturated rings. The fourth-order valence-corrected chi connectivity index (χ4v) is 0. The maximum Gasteiger partial charge on any atom is 3.00 e. The van der Waals surface area contributed by atoms with Crippen LogP contribution < -0.4 is 0 Å². The third-order valence-electron chi connectivity index (χ3n) is 0. The van der Waals surface area contributed by atoms with Gasteiger partial charge in [-0.1, -0.05) is 0 Å².